The number of amides is 1. The van der Waals surface area contributed by atoms with Gasteiger partial charge in [0.1, 0.15) is 5.75 Å². The molecule has 6 nitrogen and oxygen atoms in total. The molecule has 0 aliphatic carbocycles. The summed E-state index contributed by atoms with van der Waals surface area (Å²) in [5.41, 5.74) is 1.95. The van der Waals surface area contributed by atoms with E-state index in [0.29, 0.717) is 16.5 Å². The Labute approximate surface area is 205 Å². The average Bonchev–Trinajstić information content (AvgIpc) is 2.82. The molecule has 4 rings (SSSR count). The second kappa shape index (κ2) is 9.31. The number of carbonyl (C=O) groups is 1. The van der Waals surface area contributed by atoms with Crippen LogP contribution in [0.25, 0.3) is 0 Å². The zero-order valence-corrected chi connectivity index (χ0v) is 20.9. The largest absolute Gasteiger partial charge is 0.476 e. The van der Waals surface area contributed by atoms with Crippen molar-refractivity contribution >= 4 is 33.2 Å². The van der Waals surface area contributed by atoms with Crippen molar-refractivity contribution in [3.63, 3.8) is 0 Å². The number of hydrogen-bond donors (Lipinski definition) is 1. The Kier molecular flexibility index (Phi) is 6.60. The van der Waals surface area contributed by atoms with Crippen LogP contribution in [-0.4, -0.2) is 27.0 Å². The van der Waals surface area contributed by atoms with Crippen molar-refractivity contribution in [3.8, 4) is 5.75 Å². The van der Waals surface area contributed by atoms with E-state index in [1.165, 1.54) is 4.31 Å². The first-order valence-corrected chi connectivity index (χ1v) is 12.8. The normalized spacial score (nSPS) is 15.9. The van der Waals surface area contributed by atoms with Crippen molar-refractivity contribution in [3.05, 3.63) is 88.9 Å². The fraction of sp³-hybridized carbons (Fsp3) is 0.269. The highest BCUT2D eigenvalue weighted by Crippen LogP contribution is 2.40. The van der Waals surface area contributed by atoms with Crippen LogP contribution in [0.4, 0.5) is 5.69 Å². The fourth-order valence-electron chi connectivity index (χ4n) is 3.74. The van der Waals surface area contributed by atoms with Crippen LogP contribution < -0.4 is 14.4 Å². The number of benzene rings is 3. The zero-order chi connectivity index (χ0) is 24.5. The second-order valence-corrected chi connectivity index (χ2v) is 11.5. The second-order valence-electron chi connectivity index (χ2n) is 9.20. The molecule has 34 heavy (non-hydrogen) atoms. The number of anilines is 1. The molecule has 1 atom stereocenters. The lowest BCUT2D eigenvalue weighted by atomic mass is 9.86. The van der Waals surface area contributed by atoms with Crippen LogP contribution in [0, 0.1) is 0 Å². The summed E-state index contributed by atoms with van der Waals surface area (Å²) < 4.78 is 34.5. The Morgan fingerprint density at radius 1 is 1.06 bits per heavy atom. The van der Waals surface area contributed by atoms with Gasteiger partial charge in [-0.25, -0.2) is 8.42 Å². The number of halogens is 1. The minimum atomic E-state index is -3.93. The van der Waals surface area contributed by atoms with Crippen LogP contribution in [0.5, 0.6) is 5.75 Å². The summed E-state index contributed by atoms with van der Waals surface area (Å²) >= 11 is 6.19. The lowest BCUT2D eigenvalue weighted by Gasteiger charge is -2.36. The topological polar surface area (TPSA) is 75.7 Å². The molecular formula is C26H27ClN2O4S. The summed E-state index contributed by atoms with van der Waals surface area (Å²) in [5, 5.41) is 3.36. The van der Waals surface area contributed by atoms with Crippen LogP contribution >= 0.6 is 11.6 Å². The molecule has 1 heterocycles. The van der Waals surface area contributed by atoms with E-state index in [-0.39, 0.29) is 23.4 Å². The van der Waals surface area contributed by atoms with Gasteiger partial charge in [-0.2, -0.15) is 0 Å². The van der Waals surface area contributed by atoms with Crippen LogP contribution in [0.15, 0.2) is 77.7 Å². The van der Waals surface area contributed by atoms with Gasteiger partial charge in [0, 0.05) is 11.6 Å². The number of ether oxygens (including phenoxy) is 1. The van der Waals surface area contributed by atoms with E-state index in [4.69, 9.17) is 16.3 Å². The highest BCUT2D eigenvalue weighted by molar-refractivity contribution is 7.92. The molecule has 1 N–H and O–H groups in total. The number of rotatable bonds is 5. The van der Waals surface area contributed by atoms with Crippen molar-refractivity contribution < 1.29 is 17.9 Å². The van der Waals surface area contributed by atoms with E-state index in [1.807, 2.05) is 30.3 Å². The predicted octanol–water partition coefficient (Wildman–Crippen LogP) is 4.91. The maximum Gasteiger partial charge on any atom is 0.264 e. The predicted molar refractivity (Wildman–Crippen MR) is 134 cm³/mol. The van der Waals surface area contributed by atoms with Crippen molar-refractivity contribution in [2.75, 3.05) is 10.8 Å². The molecule has 1 aliphatic rings. The molecule has 1 aliphatic heterocycles. The average molecular weight is 499 g/mol. The molecule has 1 amide bonds. The Balaban J connectivity index is 1.68. The highest BCUT2D eigenvalue weighted by atomic mass is 35.5. The van der Waals surface area contributed by atoms with Gasteiger partial charge in [0.05, 0.1) is 17.1 Å². The van der Waals surface area contributed by atoms with Crippen molar-refractivity contribution in [2.24, 2.45) is 0 Å². The van der Waals surface area contributed by atoms with Crippen LogP contribution in [0.2, 0.25) is 5.02 Å². The summed E-state index contributed by atoms with van der Waals surface area (Å²) in [6.07, 6.45) is -1.02. The number of hydrogen-bond acceptors (Lipinski definition) is 4. The molecule has 0 saturated carbocycles. The molecule has 0 saturated heterocycles. The van der Waals surface area contributed by atoms with Gasteiger partial charge in [-0.3, -0.25) is 9.10 Å². The van der Waals surface area contributed by atoms with E-state index >= 15 is 0 Å². The Hall–Kier alpha value is -3.03. The summed E-state index contributed by atoms with van der Waals surface area (Å²) in [5.74, 6) is -0.0737. The molecule has 0 spiro atoms. The van der Waals surface area contributed by atoms with Crippen molar-refractivity contribution in [1.82, 2.24) is 5.32 Å². The highest BCUT2D eigenvalue weighted by Gasteiger charge is 2.38. The van der Waals surface area contributed by atoms with Crippen molar-refractivity contribution in [1.29, 1.82) is 0 Å². The van der Waals surface area contributed by atoms with Gasteiger partial charge in [-0.05, 0) is 46.9 Å². The van der Waals surface area contributed by atoms with Gasteiger partial charge in [0.15, 0.2) is 6.10 Å². The molecule has 0 radical (unpaired) electrons. The van der Waals surface area contributed by atoms with Gasteiger partial charge in [-0.15, -0.1) is 0 Å². The molecule has 0 unspecified atom stereocenters. The van der Waals surface area contributed by atoms with E-state index in [1.54, 1.807) is 42.5 Å². The van der Waals surface area contributed by atoms with E-state index in [9.17, 15) is 13.2 Å². The molecular weight excluding hydrogens is 472 g/mol. The third-order valence-electron chi connectivity index (χ3n) is 5.73. The number of carbonyl (C=O) groups excluding carboxylic acids is 1. The summed E-state index contributed by atoms with van der Waals surface area (Å²) in [7, 11) is -3.93. The van der Waals surface area contributed by atoms with Gasteiger partial charge < -0.3 is 10.1 Å². The monoisotopic (exact) mass is 498 g/mol. The Bertz CT molecular complexity index is 1300. The smallest absolute Gasteiger partial charge is 0.264 e. The number of nitrogens with one attached hydrogen (secondary N) is 1. The minimum absolute atomic E-state index is 0.147. The first kappa shape index (κ1) is 24.1. The van der Waals surface area contributed by atoms with Gasteiger partial charge >= 0.3 is 0 Å². The summed E-state index contributed by atoms with van der Waals surface area (Å²) in [4.78, 5) is 13.2. The molecule has 8 heteroatoms. The Morgan fingerprint density at radius 2 is 1.74 bits per heavy atom. The SMILES string of the molecule is CC(C)(C)c1ccc2c(c1)N(S(=O)(=O)c1ccccc1)C[C@H](C(=O)NCc1ccccc1Cl)O2. The van der Waals surface area contributed by atoms with E-state index < -0.39 is 22.0 Å². The van der Waals surface area contributed by atoms with Crippen LogP contribution in [0.3, 0.4) is 0 Å². The maximum atomic E-state index is 13.6. The van der Waals surface area contributed by atoms with Gasteiger partial charge in [-0.1, -0.05) is 74.8 Å². The number of fused-ring (bicyclic) bond motifs is 1. The fourth-order valence-corrected chi connectivity index (χ4v) is 5.43. The molecule has 0 fully saturated rings. The Morgan fingerprint density at radius 3 is 2.41 bits per heavy atom. The minimum Gasteiger partial charge on any atom is -0.476 e. The molecule has 178 valence electrons. The third-order valence-corrected chi connectivity index (χ3v) is 7.89. The first-order valence-electron chi connectivity index (χ1n) is 11.0. The van der Waals surface area contributed by atoms with Gasteiger partial charge in [0.2, 0.25) is 0 Å². The number of sulfonamides is 1. The first-order chi connectivity index (χ1) is 16.1. The quantitative estimate of drug-likeness (QED) is 0.542. The maximum absolute atomic E-state index is 13.6. The molecule has 3 aromatic carbocycles. The van der Waals surface area contributed by atoms with Crippen LogP contribution in [-0.2, 0) is 26.8 Å². The molecule has 3 aromatic rings. The van der Waals surface area contributed by atoms with E-state index in [2.05, 4.69) is 26.1 Å². The lowest BCUT2D eigenvalue weighted by molar-refractivity contribution is -0.127. The summed E-state index contributed by atoms with van der Waals surface area (Å²) in [6, 6.07) is 20.9. The van der Waals surface area contributed by atoms with Gasteiger partial charge in [0.25, 0.3) is 15.9 Å². The van der Waals surface area contributed by atoms with E-state index in [0.717, 1.165) is 11.1 Å². The van der Waals surface area contributed by atoms with Crippen molar-refractivity contribution in [2.45, 2.75) is 43.7 Å². The van der Waals surface area contributed by atoms with Crippen LogP contribution in [0.1, 0.15) is 31.9 Å². The molecule has 0 aromatic heterocycles. The molecule has 0 bridgehead atoms. The third kappa shape index (κ3) is 4.91. The number of nitrogens with zero attached hydrogens (tertiary/aromatic N) is 1. The lowest BCUT2D eigenvalue weighted by Crippen LogP contribution is -2.50. The summed E-state index contributed by atoms with van der Waals surface area (Å²) in [6.45, 7) is 6.23. The standard InChI is InChI=1S/C26H27ClN2O4S/c1-26(2,3)19-13-14-23-22(15-19)29(34(31,32)20-10-5-4-6-11-20)17-24(33-23)25(30)28-16-18-9-7-8-12-21(18)27/h4-15,24H,16-17H2,1-3H3,(H,28,30)/t24-/m1/s1. The zero-order valence-electron chi connectivity index (χ0n) is 19.3.